The van der Waals surface area contributed by atoms with E-state index in [2.05, 4.69) is 27.9 Å². The Morgan fingerprint density at radius 1 is 1.45 bits per heavy atom. The molecule has 0 heterocycles. The van der Waals surface area contributed by atoms with Crippen molar-refractivity contribution < 1.29 is 19.4 Å². The number of halogens is 1. The number of nitrogens with one attached hydrogen (secondary N) is 1. The number of carbonyl (C=O) groups excluding carboxylic acids is 1. The van der Waals surface area contributed by atoms with Gasteiger partial charge in [-0.15, -0.1) is 0 Å². The van der Waals surface area contributed by atoms with E-state index in [1.165, 1.54) is 0 Å². The van der Waals surface area contributed by atoms with Gasteiger partial charge in [-0.2, -0.15) is 0 Å². The maximum absolute atomic E-state index is 12.3. The van der Waals surface area contributed by atoms with Crippen LogP contribution in [0.5, 0.6) is 5.75 Å². The van der Waals surface area contributed by atoms with Gasteiger partial charge in [-0.05, 0) is 60.1 Å². The third-order valence-corrected chi connectivity index (χ3v) is 4.49. The largest absolute Gasteiger partial charge is 0.497 e. The summed E-state index contributed by atoms with van der Waals surface area (Å²) in [7, 11) is 1.57. The van der Waals surface area contributed by atoms with Crippen molar-refractivity contribution in [3.63, 3.8) is 0 Å². The summed E-state index contributed by atoms with van der Waals surface area (Å²) in [4.78, 5) is 23.2. The molecule has 1 aliphatic rings. The van der Waals surface area contributed by atoms with Crippen LogP contribution in [0, 0.1) is 3.57 Å². The van der Waals surface area contributed by atoms with Crippen molar-refractivity contribution in [1.29, 1.82) is 0 Å². The van der Waals surface area contributed by atoms with Gasteiger partial charge in [0.05, 0.1) is 24.6 Å². The first-order chi connectivity index (χ1) is 9.46. The first-order valence-corrected chi connectivity index (χ1v) is 7.41. The van der Waals surface area contributed by atoms with Crippen molar-refractivity contribution in [3.05, 3.63) is 27.3 Å². The molecule has 1 aliphatic carbocycles. The van der Waals surface area contributed by atoms with E-state index in [0.29, 0.717) is 11.3 Å². The number of carboxylic acids is 1. The average molecular weight is 389 g/mol. The molecule has 2 rings (SSSR count). The van der Waals surface area contributed by atoms with Crippen molar-refractivity contribution in [1.82, 2.24) is 5.32 Å². The minimum atomic E-state index is -0.880. The van der Waals surface area contributed by atoms with E-state index < -0.39 is 11.5 Å². The number of hydrogen-bond acceptors (Lipinski definition) is 3. The molecular formula is C14H16INO4. The lowest BCUT2D eigenvalue weighted by Gasteiger charge is -2.41. The van der Waals surface area contributed by atoms with Gasteiger partial charge in [0.2, 0.25) is 0 Å². The standard InChI is InChI=1S/C14H16INO4/c1-20-9-3-4-10(11(15)7-9)13(19)16-14(5-2-6-14)8-12(17)18/h3-4,7H,2,5-6,8H2,1H3,(H,16,19)(H,17,18). The number of aliphatic carboxylic acids is 1. The van der Waals surface area contributed by atoms with E-state index in [1.54, 1.807) is 25.3 Å². The molecule has 0 atom stereocenters. The smallest absolute Gasteiger partial charge is 0.305 e. The Morgan fingerprint density at radius 2 is 2.15 bits per heavy atom. The van der Waals surface area contributed by atoms with Crippen molar-refractivity contribution in [3.8, 4) is 5.75 Å². The molecule has 6 heteroatoms. The molecule has 108 valence electrons. The minimum absolute atomic E-state index is 0.0223. The summed E-state index contributed by atoms with van der Waals surface area (Å²) < 4.78 is 5.88. The Kier molecular flexibility index (Phi) is 4.52. The highest BCUT2D eigenvalue weighted by atomic mass is 127. The van der Waals surface area contributed by atoms with Crippen LogP contribution in [0.25, 0.3) is 0 Å². The highest BCUT2D eigenvalue weighted by Gasteiger charge is 2.40. The van der Waals surface area contributed by atoms with Gasteiger partial charge in [-0.3, -0.25) is 9.59 Å². The molecule has 0 spiro atoms. The zero-order valence-corrected chi connectivity index (χ0v) is 13.3. The molecule has 0 aromatic heterocycles. The molecule has 1 fully saturated rings. The maximum Gasteiger partial charge on any atom is 0.305 e. The van der Waals surface area contributed by atoms with Crippen molar-refractivity contribution in [2.75, 3.05) is 7.11 Å². The molecule has 0 bridgehead atoms. The Labute approximate surface area is 130 Å². The monoisotopic (exact) mass is 389 g/mol. The average Bonchev–Trinajstić information content (AvgIpc) is 2.35. The fraction of sp³-hybridized carbons (Fsp3) is 0.429. The van der Waals surface area contributed by atoms with E-state index in [4.69, 9.17) is 9.84 Å². The summed E-state index contributed by atoms with van der Waals surface area (Å²) >= 11 is 2.07. The number of rotatable bonds is 5. The quantitative estimate of drug-likeness (QED) is 0.759. The Morgan fingerprint density at radius 3 is 2.60 bits per heavy atom. The zero-order chi connectivity index (χ0) is 14.8. The van der Waals surface area contributed by atoms with Gasteiger partial charge < -0.3 is 15.2 Å². The van der Waals surface area contributed by atoms with Gasteiger partial charge in [0.15, 0.2) is 0 Å². The second kappa shape index (κ2) is 5.99. The first-order valence-electron chi connectivity index (χ1n) is 6.34. The van der Waals surface area contributed by atoms with Crippen LogP contribution < -0.4 is 10.1 Å². The summed E-state index contributed by atoms with van der Waals surface area (Å²) in [5, 5.41) is 11.8. The molecule has 0 aliphatic heterocycles. The van der Waals surface area contributed by atoms with Crippen molar-refractivity contribution in [2.24, 2.45) is 0 Å². The van der Waals surface area contributed by atoms with E-state index in [0.717, 1.165) is 22.8 Å². The lowest BCUT2D eigenvalue weighted by Crippen LogP contribution is -2.54. The second-order valence-corrected chi connectivity index (χ2v) is 6.17. The van der Waals surface area contributed by atoms with E-state index in [1.807, 2.05) is 0 Å². The Bertz CT molecular complexity index is 540. The predicted octanol–water partition coefficient (Wildman–Crippen LogP) is 2.43. The first kappa shape index (κ1) is 15.1. The highest BCUT2D eigenvalue weighted by molar-refractivity contribution is 14.1. The Balaban J connectivity index is 2.13. The summed E-state index contributed by atoms with van der Waals surface area (Å²) in [6, 6.07) is 5.20. The number of methoxy groups -OCH3 is 1. The number of amides is 1. The molecule has 1 aromatic rings. The SMILES string of the molecule is COc1ccc(C(=O)NC2(CC(=O)O)CCC2)c(I)c1. The van der Waals surface area contributed by atoms with Gasteiger partial charge in [0.1, 0.15) is 5.75 Å². The van der Waals surface area contributed by atoms with Crippen molar-refractivity contribution in [2.45, 2.75) is 31.2 Å². The summed E-state index contributed by atoms with van der Waals surface area (Å²) in [5.74, 6) is -0.415. The molecule has 0 radical (unpaired) electrons. The molecule has 1 saturated carbocycles. The van der Waals surface area contributed by atoms with Crippen LogP contribution >= 0.6 is 22.6 Å². The van der Waals surface area contributed by atoms with Gasteiger partial charge in [0, 0.05) is 3.57 Å². The third kappa shape index (κ3) is 3.23. The highest BCUT2D eigenvalue weighted by Crippen LogP contribution is 2.35. The molecule has 1 amide bonds. The number of carboxylic acid groups (broad SMARTS) is 1. The number of ether oxygens (including phenoxy) is 1. The fourth-order valence-corrected chi connectivity index (χ4v) is 3.09. The Hall–Kier alpha value is -1.31. The van der Waals surface area contributed by atoms with Crippen LogP contribution in [0.15, 0.2) is 18.2 Å². The molecule has 5 nitrogen and oxygen atoms in total. The molecule has 0 saturated heterocycles. The van der Waals surface area contributed by atoms with E-state index in [9.17, 15) is 9.59 Å². The van der Waals surface area contributed by atoms with Crippen LogP contribution in [0.2, 0.25) is 0 Å². The van der Waals surface area contributed by atoms with Crippen LogP contribution in [-0.4, -0.2) is 29.6 Å². The zero-order valence-electron chi connectivity index (χ0n) is 11.1. The van der Waals surface area contributed by atoms with E-state index >= 15 is 0 Å². The van der Waals surface area contributed by atoms with Crippen LogP contribution in [0.1, 0.15) is 36.0 Å². The normalized spacial score (nSPS) is 16.1. The van der Waals surface area contributed by atoms with Gasteiger partial charge in [0.25, 0.3) is 5.91 Å². The molecule has 20 heavy (non-hydrogen) atoms. The van der Waals surface area contributed by atoms with Crippen molar-refractivity contribution >= 4 is 34.5 Å². The number of benzene rings is 1. The maximum atomic E-state index is 12.3. The van der Waals surface area contributed by atoms with Crippen LogP contribution in [0.4, 0.5) is 0 Å². The lowest BCUT2D eigenvalue weighted by molar-refractivity contribution is -0.139. The summed E-state index contributed by atoms with van der Waals surface area (Å²) in [5.41, 5.74) is -0.0330. The van der Waals surface area contributed by atoms with E-state index in [-0.39, 0.29) is 12.3 Å². The second-order valence-electron chi connectivity index (χ2n) is 5.00. The van der Waals surface area contributed by atoms with Gasteiger partial charge in [-0.1, -0.05) is 0 Å². The minimum Gasteiger partial charge on any atom is -0.497 e. The van der Waals surface area contributed by atoms with Crippen LogP contribution in [-0.2, 0) is 4.79 Å². The van der Waals surface area contributed by atoms with Gasteiger partial charge >= 0.3 is 5.97 Å². The van der Waals surface area contributed by atoms with Gasteiger partial charge in [-0.25, -0.2) is 0 Å². The number of carbonyl (C=O) groups is 2. The van der Waals surface area contributed by atoms with Crippen LogP contribution in [0.3, 0.4) is 0 Å². The lowest BCUT2D eigenvalue weighted by atomic mass is 9.74. The molecular weight excluding hydrogens is 373 g/mol. The third-order valence-electron chi connectivity index (χ3n) is 3.60. The number of hydrogen-bond donors (Lipinski definition) is 2. The predicted molar refractivity (Wildman–Crippen MR) is 82.0 cm³/mol. The topological polar surface area (TPSA) is 75.6 Å². The molecule has 0 unspecified atom stereocenters. The summed E-state index contributed by atoms with van der Waals surface area (Å²) in [6.45, 7) is 0. The summed E-state index contributed by atoms with van der Waals surface area (Å²) in [6.07, 6.45) is 2.37. The molecule has 2 N–H and O–H groups in total. The molecule has 1 aromatic carbocycles. The fourth-order valence-electron chi connectivity index (χ4n) is 2.35.